The Bertz CT molecular complexity index is 508. The highest BCUT2D eigenvalue weighted by Crippen LogP contribution is 2.31. The fourth-order valence-corrected chi connectivity index (χ4v) is 3.60. The molecule has 2 heterocycles. The summed E-state index contributed by atoms with van der Waals surface area (Å²) in [6.45, 7) is 1.98. The molecule has 0 fully saturated rings. The molecule has 0 atom stereocenters. The molecule has 0 amide bonds. The third-order valence-corrected chi connectivity index (χ3v) is 5.16. The standard InChI is InChI=1S/C11H9BrO2S2/c1-6-3-9(16-11(6)12)10(13)8-4-7(14-2)5-15-8/h3-5H,1-2H3. The summed E-state index contributed by atoms with van der Waals surface area (Å²) in [5.74, 6) is 0.799. The van der Waals surface area contributed by atoms with E-state index in [0.29, 0.717) is 4.88 Å². The van der Waals surface area contributed by atoms with Gasteiger partial charge in [-0.2, -0.15) is 0 Å². The van der Waals surface area contributed by atoms with Gasteiger partial charge in [0.15, 0.2) is 0 Å². The van der Waals surface area contributed by atoms with Crippen molar-refractivity contribution >= 4 is 44.4 Å². The molecule has 0 N–H and O–H groups in total. The summed E-state index contributed by atoms with van der Waals surface area (Å²) in [6.07, 6.45) is 0. The van der Waals surface area contributed by atoms with Gasteiger partial charge in [0.2, 0.25) is 5.78 Å². The van der Waals surface area contributed by atoms with Gasteiger partial charge in [0, 0.05) is 11.4 Å². The minimum atomic E-state index is 0.0621. The molecule has 5 heteroatoms. The molecule has 2 nitrogen and oxygen atoms in total. The molecular formula is C11H9BrO2S2. The van der Waals surface area contributed by atoms with Crippen molar-refractivity contribution in [1.29, 1.82) is 0 Å². The van der Waals surface area contributed by atoms with Crippen LogP contribution in [-0.2, 0) is 0 Å². The lowest BCUT2D eigenvalue weighted by Crippen LogP contribution is -1.94. The SMILES string of the molecule is COc1csc(C(=O)c2cc(C)c(Br)s2)c1. The highest BCUT2D eigenvalue weighted by molar-refractivity contribution is 9.11. The average Bonchev–Trinajstić information content (AvgIpc) is 2.86. The first kappa shape index (κ1) is 11.8. The highest BCUT2D eigenvalue weighted by atomic mass is 79.9. The second-order valence-corrected chi connectivity index (χ2v) is 6.53. The number of hydrogen-bond acceptors (Lipinski definition) is 4. The molecule has 0 saturated heterocycles. The Morgan fingerprint density at radius 3 is 2.62 bits per heavy atom. The number of carbonyl (C=O) groups is 1. The molecule has 2 rings (SSSR count). The van der Waals surface area contributed by atoms with E-state index in [1.54, 1.807) is 13.2 Å². The van der Waals surface area contributed by atoms with Crippen molar-refractivity contribution in [2.45, 2.75) is 6.92 Å². The van der Waals surface area contributed by atoms with Gasteiger partial charge in [-0.05, 0) is 34.5 Å². The Morgan fingerprint density at radius 2 is 2.12 bits per heavy atom. The van der Waals surface area contributed by atoms with E-state index in [4.69, 9.17) is 4.74 Å². The fourth-order valence-electron chi connectivity index (χ4n) is 1.24. The molecule has 0 bridgehead atoms. The molecule has 2 aromatic heterocycles. The molecule has 0 saturated carbocycles. The van der Waals surface area contributed by atoms with Crippen LogP contribution in [0.1, 0.15) is 20.1 Å². The highest BCUT2D eigenvalue weighted by Gasteiger charge is 2.15. The van der Waals surface area contributed by atoms with E-state index >= 15 is 0 Å². The summed E-state index contributed by atoms with van der Waals surface area (Å²) in [7, 11) is 1.60. The zero-order chi connectivity index (χ0) is 11.7. The van der Waals surface area contributed by atoms with Gasteiger partial charge in [-0.3, -0.25) is 4.79 Å². The van der Waals surface area contributed by atoms with Gasteiger partial charge >= 0.3 is 0 Å². The van der Waals surface area contributed by atoms with Crippen molar-refractivity contribution in [2.24, 2.45) is 0 Å². The number of halogens is 1. The van der Waals surface area contributed by atoms with Gasteiger partial charge in [0.25, 0.3) is 0 Å². The number of rotatable bonds is 3. The van der Waals surface area contributed by atoms with Crippen LogP contribution < -0.4 is 4.74 Å². The van der Waals surface area contributed by atoms with E-state index in [-0.39, 0.29) is 5.78 Å². The minimum absolute atomic E-state index is 0.0621. The number of carbonyl (C=O) groups excluding carboxylic acids is 1. The lowest BCUT2D eigenvalue weighted by molar-refractivity contribution is 0.104. The van der Waals surface area contributed by atoms with Crippen molar-refractivity contribution in [3.05, 3.63) is 36.6 Å². The normalized spacial score (nSPS) is 10.4. The van der Waals surface area contributed by atoms with Crippen molar-refractivity contribution in [3.8, 4) is 5.75 Å². The number of ether oxygens (including phenoxy) is 1. The molecule has 0 aliphatic heterocycles. The van der Waals surface area contributed by atoms with E-state index in [0.717, 1.165) is 20.0 Å². The lowest BCUT2D eigenvalue weighted by Gasteiger charge is -1.92. The van der Waals surface area contributed by atoms with Crippen LogP contribution in [-0.4, -0.2) is 12.9 Å². The van der Waals surface area contributed by atoms with Crippen LogP contribution >= 0.6 is 38.6 Å². The first-order valence-corrected chi connectivity index (χ1v) is 7.04. The molecule has 0 radical (unpaired) electrons. The first-order valence-electron chi connectivity index (χ1n) is 4.55. The quantitative estimate of drug-likeness (QED) is 0.796. The summed E-state index contributed by atoms with van der Waals surface area (Å²) < 4.78 is 6.08. The van der Waals surface area contributed by atoms with E-state index < -0.39 is 0 Å². The monoisotopic (exact) mass is 316 g/mol. The molecule has 0 aromatic carbocycles. The Balaban J connectivity index is 2.31. The number of thiophene rings is 2. The van der Waals surface area contributed by atoms with Crippen LogP contribution in [0.15, 0.2) is 21.3 Å². The maximum Gasteiger partial charge on any atom is 0.213 e. The lowest BCUT2D eigenvalue weighted by atomic mass is 10.2. The molecule has 0 unspecified atom stereocenters. The minimum Gasteiger partial charge on any atom is -0.496 e. The predicted molar refractivity (Wildman–Crippen MR) is 71.1 cm³/mol. The second kappa shape index (κ2) is 4.69. The molecule has 2 aromatic rings. The number of ketones is 1. The van der Waals surface area contributed by atoms with Gasteiger partial charge in [0.05, 0.1) is 20.7 Å². The van der Waals surface area contributed by atoms with Crippen LogP contribution in [0.5, 0.6) is 5.75 Å². The smallest absolute Gasteiger partial charge is 0.213 e. The van der Waals surface area contributed by atoms with E-state index in [1.807, 2.05) is 18.4 Å². The Kier molecular flexibility index (Phi) is 3.47. The summed E-state index contributed by atoms with van der Waals surface area (Å²) in [5, 5.41) is 1.84. The van der Waals surface area contributed by atoms with Crippen molar-refractivity contribution in [1.82, 2.24) is 0 Å². The summed E-state index contributed by atoms with van der Waals surface area (Å²) in [4.78, 5) is 13.6. The van der Waals surface area contributed by atoms with Crippen LogP contribution in [0.25, 0.3) is 0 Å². The first-order chi connectivity index (χ1) is 7.61. The summed E-state index contributed by atoms with van der Waals surface area (Å²) in [5.41, 5.74) is 1.09. The van der Waals surface area contributed by atoms with Gasteiger partial charge in [-0.25, -0.2) is 0 Å². The number of methoxy groups -OCH3 is 1. The van der Waals surface area contributed by atoms with E-state index in [2.05, 4.69) is 15.9 Å². The zero-order valence-electron chi connectivity index (χ0n) is 8.74. The van der Waals surface area contributed by atoms with Crippen LogP contribution in [0.2, 0.25) is 0 Å². The molecular weight excluding hydrogens is 308 g/mol. The van der Waals surface area contributed by atoms with Crippen molar-refractivity contribution < 1.29 is 9.53 Å². The number of hydrogen-bond donors (Lipinski definition) is 0. The van der Waals surface area contributed by atoms with Crippen LogP contribution in [0.4, 0.5) is 0 Å². The second-order valence-electron chi connectivity index (χ2n) is 3.25. The average molecular weight is 317 g/mol. The maximum absolute atomic E-state index is 12.1. The van der Waals surface area contributed by atoms with Gasteiger partial charge in [0.1, 0.15) is 5.75 Å². The van der Waals surface area contributed by atoms with E-state index in [9.17, 15) is 4.79 Å². The van der Waals surface area contributed by atoms with Crippen molar-refractivity contribution in [3.63, 3.8) is 0 Å². The molecule has 0 aliphatic carbocycles. The maximum atomic E-state index is 12.1. The third-order valence-electron chi connectivity index (χ3n) is 2.12. The zero-order valence-corrected chi connectivity index (χ0v) is 12.0. The summed E-state index contributed by atoms with van der Waals surface area (Å²) >= 11 is 6.30. The van der Waals surface area contributed by atoms with Gasteiger partial charge in [-0.1, -0.05) is 0 Å². The Labute approximate surface area is 110 Å². The number of aryl methyl sites for hydroxylation is 1. The summed E-state index contributed by atoms with van der Waals surface area (Å²) in [6, 6.07) is 3.68. The largest absolute Gasteiger partial charge is 0.496 e. The van der Waals surface area contributed by atoms with Crippen LogP contribution in [0.3, 0.4) is 0 Å². The molecule has 84 valence electrons. The van der Waals surface area contributed by atoms with Gasteiger partial charge in [-0.15, -0.1) is 22.7 Å². The fraction of sp³-hybridized carbons (Fsp3) is 0.182. The molecule has 0 spiro atoms. The van der Waals surface area contributed by atoms with E-state index in [1.165, 1.54) is 22.7 Å². The Morgan fingerprint density at radius 1 is 1.38 bits per heavy atom. The van der Waals surface area contributed by atoms with Gasteiger partial charge < -0.3 is 4.74 Å². The molecule has 0 aliphatic rings. The van der Waals surface area contributed by atoms with Crippen molar-refractivity contribution in [2.75, 3.05) is 7.11 Å². The Hall–Kier alpha value is -0.650. The molecule has 16 heavy (non-hydrogen) atoms. The van der Waals surface area contributed by atoms with Crippen LogP contribution in [0, 0.1) is 6.92 Å². The third kappa shape index (κ3) is 2.21. The predicted octanol–water partition coefficient (Wildman–Crippen LogP) is 4.12. The topological polar surface area (TPSA) is 26.3 Å².